The Morgan fingerprint density at radius 3 is 2.58 bits per heavy atom. The van der Waals surface area contributed by atoms with Crippen LogP contribution >= 0.6 is 0 Å². The van der Waals surface area contributed by atoms with Gasteiger partial charge in [0.15, 0.2) is 0 Å². The minimum Gasteiger partial charge on any atom is -0.481 e. The fourth-order valence-corrected chi connectivity index (χ4v) is 3.93. The number of piperazine rings is 1. The van der Waals surface area contributed by atoms with Gasteiger partial charge in [-0.15, -0.1) is 0 Å². The van der Waals surface area contributed by atoms with E-state index >= 15 is 0 Å². The third-order valence-electron chi connectivity index (χ3n) is 5.69. The van der Waals surface area contributed by atoms with Crippen LogP contribution in [0.15, 0.2) is 30.3 Å². The summed E-state index contributed by atoms with van der Waals surface area (Å²) in [6.45, 7) is 6.30. The second-order valence-electron chi connectivity index (χ2n) is 8.02. The molecule has 0 bridgehead atoms. The molecule has 33 heavy (non-hydrogen) atoms. The first-order valence-electron chi connectivity index (χ1n) is 10.6. The van der Waals surface area contributed by atoms with E-state index in [1.807, 2.05) is 25.7 Å². The summed E-state index contributed by atoms with van der Waals surface area (Å²) in [5, 5.41) is 11.9. The van der Waals surface area contributed by atoms with E-state index in [0.29, 0.717) is 36.8 Å². The van der Waals surface area contributed by atoms with Gasteiger partial charge < -0.3 is 19.9 Å². The number of halogens is 3. The summed E-state index contributed by atoms with van der Waals surface area (Å²) in [6.07, 6.45) is -3.95. The predicted molar refractivity (Wildman–Crippen MR) is 118 cm³/mol. The van der Waals surface area contributed by atoms with Crippen molar-refractivity contribution in [2.75, 3.05) is 30.4 Å². The Labute approximate surface area is 190 Å². The Morgan fingerprint density at radius 1 is 1.24 bits per heavy atom. The number of amides is 2. The number of methoxy groups -OCH3 is 1. The highest BCUT2D eigenvalue weighted by molar-refractivity contribution is 5.90. The molecule has 3 rings (SSSR count). The second kappa shape index (κ2) is 9.57. The van der Waals surface area contributed by atoms with Gasteiger partial charge in [0.25, 0.3) is 0 Å². The number of anilines is 2. The van der Waals surface area contributed by atoms with E-state index in [1.165, 1.54) is 19.2 Å². The molecule has 1 aromatic carbocycles. The lowest BCUT2D eigenvalue weighted by molar-refractivity contribution is -0.137. The Bertz CT molecular complexity index is 1040. The molecule has 2 amide bonds. The number of nitriles is 1. The lowest BCUT2D eigenvalue weighted by Gasteiger charge is -2.45. The number of carbonyl (C=O) groups excluding carboxylic acids is 1. The Morgan fingerprint density at radius 2 is 1.97 bits per heavy atom. The number of pyridine rings is 1. The van der Waals surface area contributed by atoms with Crippen LogP contribution in [0.25, 0.3) is 0 Å². The fraction of sp³-hybridized carbons (Fsp3) is 0.435. The first kappa shape index (κ1) is 24.2. The maximum atomic E-state index is 13.4. The molecule has 2 heterocycles. The van der Waals surface area contributed by atoms with Crippen molar-refractivity contribution in [3.8, 4) is 11.9 Å². The third-order valence-corrected chi connectivity index (χ3v) is 5.69. The summed E-state index contributed by atoms with van der Waals surface area (Å²) in [5.41, 5.74) is 0.335. The first-order valence-corrected chi connectivity index (χ1v) is 10.6. The average molecular weight is 461 g/mol. The van der Waals surface area contributed by atoms with Crippen LogP contribution in [0.1, 0.15) is 37.6 Å². The lowest BCUT2D eigenvalue weighted by Crippen LogP contribution is -2.59. The predicted octanol–water partition coefficient (Wildman–Crippen LogP) is 4.67. The van der Waals surface area contributed by atoms with Crippen LogP contribution < -0.4 is 15.0 Å². The molecule has 1 N–H and O–H groups in total. The summed E-state index contributed by atoms with van der Waals surface area (Å²) < 4.78 is 45.4. The zero-order chi connectivity index (χ0) is 24.3. The highest BCUT2D eigenvalue weighted by Gasteiger charge is 2.36. The molecule has 1 aliphatic rings. The van der Waals surface area contributed by atoms with Crippen LogP contribution in [0.4, 0.5) is 29.3 Å². The molecule has 1 fully saturated rings. The molecule has 0 saturated carbocycles. The summed E-state index contributed by atoms with van der Waals surface area (Å²) in [5.74, 6) is 0.400. The van der Waals surface area contributed by atoms with Gasteiger partial charge in [-0.3, -0.25) is 0 Å². The van der Waals surface area contributed by atoms with Gasteiger partial charge >= 0.3 is 12.2 Å². The largest absolute Gasteiger partial charge is 0.481 e. The van der Waals surface area contributed by atoms with E-state index < -0.39 is 17.3 Å². The van der Waals surface area contributed by atoms with E-state index in [2.05, 4.69) is 10.3 Å². The minimum absolute atomic E-state index is 0.237. The Kier molecular flexibility index (Phi) is 7.01. The van der Waals surface area contributed by atoms with Gasteiger partial charge in [0.05, 0.1) is 24.3 Å². The number of aromatic nitrogens is 1. The van der Waals surface area contributed by atoms with Crippen molar-refractivity contribution >= 4 is 17.4 Å². The highest BCUT2D eigenvalue weighted by atomic mass is 19.4. The number of urea groups is 1. The van der Waals surface area contributed by atoms with Crippen molar-refractivity contribution in [2.45, 2.75) is 45.5 Å². The third kappa shape index (κ3) is 5.30. The summed E-state index contributed by atoms with van der Waals surface area (Å²) in [7, 11) is 1.50. The molecule has 2 aromatic rings. The molecule has 2 atom stereocenters. The van der Waals surface area contributed by atoms with Crippen molar-refractivity contribution in [1.82, 2.24) is 9.88 Å². The van der Waals surface area contributed by atoms with E-state index in [4.69, 9.17) is 10.00 Å². The zero-order valence-corrected chi connectivity index (χ0v) is 18.9. The van der Waals surface area contributed by atoms with Crippen LogP contribution in [0, 0.1) is 11.3 Å². The van der Waals surface area contributed by atoms with Crippen molar-refractivity contribution in [1.29, 1.82) is 5.26 Å². The molecule has 0 aliphatic carbocycles. The number of ether oxygens (including phenoxy) is 1. The Balaban J connectivity index is 1.78. The monoisotopic (exact) mass is 461 g/mol. The molecule has 0 unspecified atom stereocenters. The summed E-state index contributed by atoms with van der Waals surface area (Å²) >= 11 is 0. The van der Waals surface area contributed by atoms with Gasteiger partial charge in [-0.05, 0) is 44.5 Å². The summed E-state index contributed by atoms with van der Waals surface area (Å²) in [4.78, 5) is 20.8. The van der Waals surface area contributed by atoms with Crippen LogP contribution in [0.3, 0.4) is 0 Å². The topological polar surface area (TPSA) is 81.5 Å². The molecule has 0 radical (unpaired) electrons. The smallest absolute Gasteiger partial charge is 0.417 e. The van der Waals surface area contributed by atoms with E-state index in [1.54, 1.807) is 23.1 Å². The Hall–Kier alpha value is -3.48. The van der Waals surface area contributed by atoms with Crippen molar-refractivity contribution < 1.29 is 22.7 Å². The molecule has 1 aromatic heterocycles. The van der Waals surface area contributed by atoms with Gasteiger partial charge in [-0.25, -0.2) is 9.78 Å². The molecule has 176 valence electrons. The first-order chi connectivity index (χ1) is 15.6. The quantitative estimate of drug-likeness (QED) is 0.716. The average Bonchev–Trinajstić information content (AvgIpc) is 2.78. The molecular weight excluding hydrogens is 435 g/mol. The van der Waals surface area contributed by atoms with Gasteiger partial charge in [-0.1, -0.05) is 6.92 Å². The fourth-order valence-electron chi connectivity index (χ4n) is 3.93. The summed E-state index contributed by atoms with van der Waals surface area (Å²) in [6, 6.07) is 7.92. The minimum atomic E-state index is -4.62. The van der Waals surface area contributed by atoms with Crippen molar-refractivity contribution in [3.63, 3.8) is 0 Å². The number of alkyl halides is 3. The number of aryl methyl sites for hydroxylation is 1. The van der Waals surface area contributed by atoms with Crippen LogP contribution in [0.2, 0.25) is 0 Å². The van der Waals surface area contributed by atoms with E-state index in [-0.39, 0.29) is 18.1 Å². The van der Waals surface area contributed by atoms with E-state index in [0.717, 1.165) is 11.8 Å². The van der Waals surface area contributed by atoms with E-state index in [9.17, 15) is 18.0 Å². The normalized spacial score (nSPS) is 18.6. The number of rotatable bonds is 4. The maximum absolute atomic E-state index is 13.4. The van der Waals surface area contributed by atoms with Crippen LogP contribution in [-0.4, -0.2) is 48.2 Å². The zero-order valence-electron chi connectivity index (χ0n) is 18.9. The number of benzene rings is 1. The number of hydrogen-bond acceptors (Lipinski definition) is 5. The van der Waals surface area contributed by atoms with Gasteiger partial charge in [-0.2, -0.15) is 18.4 Å². The maximum Gasteiger partial charge on any atom is 0.417 e. The molecule has 0 spiro atoms. The van der Waals surface area contributed by atoms with Crippen molar-refractivity contribution in [3.05, 3.63) is 47.2 Å². The molecule has 10 heteroatoms. The number of carbonyl (C=O) groups is 1. The second-order valence-corrected chi connectivity index (χ2v) is 8.02. The van der Waals surface area contributed by atoms with Crippen LogP contribution in [-0.2, 0) is 12.6 Å². The SMILES string of the molecule is CCc1cc(NC(=O)N2C[C@H](C)N(c3ccc(C#N)c(C(F)(F)F)c3)C[C@H]2C)cc(OC)n1. The van der Waals surface area contributed by atoms with Gasteiger partial charge in [0, 0.05) is 48.3 Å². The lowest BCUT2D eigenvalue weighted by atomic mass is 10.0. The van der Waals surface area contributed by atoms with Gasteiger partial charge in [0.2, 0.25) is 5.88 Å². The van der Waals surface area contributed by atoms with Crippen molar-refractivity contribution in [2.24, 2.45) is 0 Å². The highest BCUT2D eigenvalue weighted by Crippen LogP contribution is 2.35. The molecule has 1 saturated heterocycles. The van der Waals surface area contributed by atoms with Crippen LogP contribution in [0.5, 0.6) is 5.88 Å². The number of nitrogens with one attached hydrogen (secondary N) is 1. The number of hydrogen-bond donors (Lipinski definition) is 1. The standard InChI is InChI=1S/C23H26F3N5O2/c1-5-17-8-18(9-21(28-17)33-4)29-22(32)31-13-14(2)30(12-15(31)3)19-7-6-16(11-27)20(10-19)23(24,25)26/h6-10,14-15H,5,12-13H2,1-4H3,(H,28,29,32)/t14-,15+/m0/s1. The number of nitrogens with zero attached hydrogens (tertiary/aromatic N) is 4. The molecular formula is C23H26F3N5O2. The molecule has 1 aliphatic heterocycles. The van der Waals surface area contributed by atoms with Gasteiger partial charge in [0.1, 0.15) is 0 Å². The molecule has 7 nitrogen and oxygen atoms in total.